The molecule has 0 saturated heterocycles. The smallest absolute Gasteiger partial charge is 0.381 e. The lowest BCUT2D eigenvalue weighted by Gasteiger charge is -2.18. The molecule has 29 heavy (non-hydrogen) atoms. The van der Waals surface area contributed by atoms with Crippen LogP contribution < -0.4 is 16.0 Å². The van der Waals surface area contributed by atoms with E-state index in [-0.39, 0.29) is 10.8 Å². The van der Waals surface area contributed by atoms with Gasteiger partial charge in [-0.15, -0.1) is 0 Å². The highest BCUT2D eigenvalue weighted by molar-refractivity contribution is 7.80. The summed E-state index contributed by atoms with van der Waals surface area (Å²) in [6.45, 7) is 1.82. The Morgan fingerprint density at radius 1 is 1.24 bits per heavy atom. The van der Waals surface area contributed by atoms with Crippen LogP contribution in [0.5, 0.6) is 0 Å². The predicted molar refractivity (Wildman–Crippen MR) is 111 cm³/mol. The molecule has 1 amide bonds. The quantitative estimate of drug-likeness (QED) is 0.529. The standard InChI is InChI=1S/C18H15Cl2F3N4OS/c1-8-4-10(19)6-13(25-11-2-3-11)14(8)26-17(29)27-16(28)15-12(20)5-9(7-24-15)18(21,22)23/h4-7,11,25H,2-3H2,1H3,(H2,26,27,28,29). The van der Waals surface area contributed by atoms with E-state index < -0.39 is 22.7 Å². The van der Waals surface area contributed by atoms with Crippen LogP contribution in [0.25, 0.3) is 0 Å². The third kappa shape index (κ3) is 5.49. The van der Waals surface area contributed by atoms with Crippen molar-refractivity contribution in [2.45, 2.75) is 32.0 Å². The van der Waals surface area contributed by atoms with Crippen molar-refractivity contribution in [3.05, 3.63) is 51.3 Å². The first-order chi connectivity index (χ1) is 13.5. The Balaban J connectivity index is 1.73. The third-order valence-electron chi connectivity index (χ3n) is 4.09. The van der Waals surface area contributed by atoms with Gasteiger partial charge >= 0.3 is 6.18 Å². The first-order valence-corrected chi connectivity index (χ1v) is 9.63. The summed E-state index contributed by atoms with van der Waals surface area (Å²) in [5.41, 5.74) is 0.751. The molecule has 3 rings (SSSR count). The van der Waals surface area contributed by atoms with Gasteiger partial charge in [-0.05, 0) is 55.7 Å². The molecule has 1 fully saturated rings. The molecular weight excluding hydrogens is 448 g/mol. The highest BCUT2D eigenvalue weighted by atomic mass is 35.5. The molecule has 0 spiro atoms. The van der Waals surface area contributed by atoms with Gasteiger partial charge in [0.05, 0.1) is 22.0 Å². The lowest BCUT2D eigenvalue weighted by atomic mass is 10.1. The van der Waals surface area contributed by atoms with E-state index in [4.69, 9.17) is 35.4 Å². The second kappa shape index (κ2) is 8.33. The van der Waals surface area contributed by atoms with Gasteiger partial charge in [-0.3, -0.25) is 10.1 Å². The molecule has 0 unspecified atom stereocenters. The second-order valence-corrected chi connectivity index (χ2v) is 7.78. The van der Waals surface area contributed by atoms with Crippen LogP contribution in [0, 0.1) is 6.92 Å². The number of nitrogens with zero attached hydrogens (tertiary/aromatic N) is 1. The van der Waals surface area contributed by atoms with E-state index in [0.29, 0.717) is 29.0 Å². The van der Waals surface area contributed by atoms with Crippen LogP contribution in [0.1, 0.15) is 34.5 Å². The highest BCUT2D eigenvalue weighted by Gasteiger charge is 2.32. The van der Waals surface area contributed by atoms with Gasteiger partial charge in [-0.25, -0.2) is 4.98 Å². The Kier molecular flexibility index (Phi) is 6.21. The van der Waals surface area contributed by atoms with Gasteiger partial charge in [0.2, 0.25) is 0 Å². The van der Waals surface area contributed by atoms with E-state index in [1.807, 2.05) is 6.92 Å². The molecule has 1 aromatic heterocycles. The van der Waals surface area contributed by atoms with Gasteiger partial charge in [0, 0.05) is 17.3 Å². The van der Waals surface area contributed by atoms with Gasteiger partial charge in [-0.2, -0.15) is 13.2 Å². The van der Waals surface area contributed by atoms with Gasteiger partial charge in [0.25, 0.3) is 5.91 Å². The van der Waals surface area contributed by atoms with Crippen molar-refractivity contribution in [1.29, 1.82) is 0 Å². The summed E-state index contributed by atoms with van der Waals surface area (Å²) in [4.78, 5) is 15.9. The van der Waals surface area contributed by atoms with Gasteiger partial charge < -0.3 is 10.6 Å². The van der Waals surface area contributed by atoms with E-state index in [0.717, 1.165) is 24.1 Å². The zero-order valence-corrected chi connectivity index (χ0v) is 17.3. The van der Waals surface area contributed by atoms with Gasteiger partial charge in [-0.1, -0.05) is 23.2 Å². The molecule has 1 saturated carbocycles. The fraction of sp³-hybridized carbons (Fsp3) is 0.278. The van der Waals surface area contributed by atoms with E-state index in [2.05, 4.69) is 20.9 Å². The molecule has 5 nitrogen and oxygen atoms in total. The number of amides is 1. The summed E-state index contributed by atoms with van der Waals surface area (Å²) >= 11 is 17.1. The number of aryl methyl sites for hydroxylation is 1. The number of pyridine rings is 1. The average molecular weight is 463 g/mol. The third-order valence-corrected chi connectivity index (χ3v) is 4.80. The molecule has 1 heterocycles. The monoisotopic (exact) mass is 462 g/mol. The van der Waals surface area contributed by atoms with Gasteiger partial charge in [0.1, 0.15) is 5.69 Å². The topological polar surface area (TPSA) is 66.0 Å². The maximum absolute atomic E-state index is 12.7. The van der Waals surface area contributed by atoms with Crippen LogP contribution in [0.2, 0.25) is 10.0 Å². The Labute approximate surface area is 180 Å². The molecule has 154 valence electrons. The largest absolute Gasteiger partial charge is 0.417 e. The minimum Gasteiger partial charge on any atom is -0.381 e. The minimum atomic E-state index is -4.61. The molecule has 0 atom stereocenters. The Morgan fingerprint density at radius 2 is 1.93 bits per heavy atom. The Bertz CT molecular complexity index is 980. The van der Waals surface area contributed by atoms with Crippen LogP contribution in [0.3, 0.4) is 0 Å². The number of aromatic nitrogens is 1. The van der Waals surface area contributed by atoms with Crippen molar-refractivity contribution < 1.29 is 18.0 Å². The first-order valence-electron chi connectivity index (χ1n) is 8.46. The number of anilines is 2. The summed E-state index contributed by atoms with van der Waals surface area (Å²) in [5.74, 6) is -0.829. The van der Waals surface area contributed by atoms with Crippen molar-refractivity contribution in [1.82, 2.24) is 10.3 Å². The number of nitrogens with one attached hydrogen (secondary N) is 3. The second-order valence-electron chi connectivity index (χ2n) is 6.52. The van der Waals surface area contributed by atoms with E-state index in [1.54, 1.807) is 12.1 Å². The number of hydrogen-bond donors (Lipinski definition) is 3. The van der Waals surface area contributed by atoms with Crippen molar-refractivity contribution in [3.63, 3.8) is 0 Å². The predicted octanol–water partition coefficient (Wildman–Crippen LogP) is 5.42. The van der Waals surface area contributed by atoms with Crippen LogP contribution in [-0.4, -0.2) is 22.0 Å². The molecule has 0 radical (unpaired) electrons. The summed E-state index contributed by atoms with van der Waals surface area (Å²) in [6, 6.07) is 4.47. The lowest BCUT2D eigenvalue weighted by Crippen LogP contribution is -2.35. The van der Waals surface area contributed by atoms with Crippen LogP contribution in [0.15, 0.2) is 24.4 Å². The molecule has 1 aliphatic carbocycles. The number of alkyl halides is 3. The average Bonchev–Trinajstić information content (AvgIpc) is 3.41. The number of halogens is 5. The zero-order valence-electron chi connectivity index (χ0n) is 15.0. The number of carbonyl (C=O) groups excluding carboxylic acids is 1. The fourth-order valence-corrected chi connectivity index (χ4v) is 3.26. The van der Waals surface area contributed by atoms with Crippen LogP contribution >= 0.6 is 35.4 Å². The van der Waals surface area contributed by atoms with Crippen LogP contribution in [0.4, 0.5) is 24.5 Å². The zero-order chi connectivity index (χ0) is 21.3. The maximum atomic E-state index is 12.7. The first kappa shape index (κ1) is 21.6. The summed E-state index contributed by atoms with van der Waals surface area (Å²) in [6.07, 6.45) is -1.98. The Morgan fingerprint density at radius 3 is 2.52 bits per heavy atom. The summed E-state index contributed by atoms with van der Waals surface area (Å²) in [5, 5.41) is 8.68. The molecule has 0 aliphatic heterocycles. The van der Waals surface area contributed by atoms with Crippen molar-refractivity contribution >= 4 is 57.8 Å². The molecule has 1 aromatic carbocycles. The minimum absolute atomic E-state index is 0.0583. The van der Waals surface area contributed by atoms with Crippen molar-refractivity contribution in [2.24, 2.45) is 0 Å². The normalized spacial score (nSPS) is 13.7. The van der Waals surface area contributed by atoms with Gasteiger partial charge in [0.15, 0.2) is 5.11 Å². The molecule has 2 aromatic rings. The highest BCUT2D eigenvalue weighted by Crippen LogP contribution is 2.34. The molecule has 0 bridgehead atoms. The van der Waals surface area contributed by atoms with E-state index >= 15 is 0 Å². The summed E-state index contributed by atoms with van der Waals surface area (Å²) < 4.78 is 38.1. The number of carbonyl (C=O) groups is 1. The summed E-state index contributed by atoms with van der Waals surface area (Å²) in [7, 11) is 0. The fourth-order valence-electron chi connectivity index (χ4n) is 2.54. The number of rotatable bonds is 4. The molecule has 1 aliphatic rings. The van der Waals surface area contributed by atoms with E-state index in [9.17, 15) is 18.0 Å². The molecule has 11 heteroatoms. The van der Waals surface area contributed by atoms with Crippen molar-refractivity contribution in [3.8, 4) is 0 Å². The van der Waals surface area contributed by atoms with Crippen LogP contribution in [-0.2, 0) is 6.18 Å². The lowest BCUT2D eigenvalue weighted by molar-refractivity contribution is -0.137. The SMILES string of the molecule is Cc1cc(Cl)cc(NC2CC2)c1NC(=S)NC(=O)c1ncc(C(F)(F)F)cc1Cl. The number of benzene rings is 1. The Hall–Kier alpha value is -2.10. The maximum Gasteiger partial charge on any atom is 0.417 e. The van der Waals surface area contributed by atoms with E-state index in [1.165, 1.54) is 0 Å². The number of thiocarbonyl (C=S) groups is 1. The molecular formula is C18H15Cl2F3N4OS. The molecule has 3 N–H and O–H groups in total. The van der Waals surface area contributed by atoms with Crippen molar-refractivity contribution in [2.75, 3.05) is 10.6 Å². The number of hydrogen-bond acceptors (Lipinski definition) is 4.